The minimum absolute atomic E-state index is 0.248. The minimum atomic E-state index is 0.248. The maximum atomic E-state index is 12.1. The lowest BCUT2D eigenvalue weighted by molar-refractivity contribution is -0.125. The number of nitrogens with one attached hydrogen (secondary N) is 1. The van der Waals surface area contributed by atoms with Crippen LogP contribution in [0.25, 0.3) is 0 Å². The number of alkyl halides is 1. The summed E-state index contributed by atoms with van der Waals surface area (Å²) >= 11 is 3.57. The predicted octanol–water partition coefficient (Wildman–Crippen LogP) is 3.26. The van der Waals surface area contributed by atoms with Gasteiger partial charge in [-0.2, -0.15) is 0 Å². The Labute approximate surface area is 125 Å². The van der Waals surface area contributed by atoms with Gasteiger partial charge in [0.1, 0.15) is 0 Å². The molecule has 110 valence electrons. The summed E-state index contributed by atoms with van der Waals surface area (Å²) in [6.07, 6.45) is 8.18. The first kappa shape index (κ1) is 15.3. The quantitative estimate of drug-likeness (QED) is 0.758. The van der Waals surface area contributed by atoms with Crippen molar-refractivity contribution in [2.75, 3.05) is 11.9 Å². The van der Waals surface area contributed by atoms with Gasteiger partial charge in [0.05, 0.1) is 6.10 Å². The second-order valence-electron chi connectivity index (χ2n) is 5.99. The summed E-state index contributed by atoms with van der Waals surface area (Å²) in [5, 5.41) is 4.26. The average molecular weight is 332 g/mol. The van der Waals surface area contributed by atoms with Gasteiger partial charge in [-0.1, -0.05) is 28.8 Å². The van der Waals surface area contributed by atoms with Crippen molar-refractivity contribution in [3.8, 4) is 0 Å². The summed E-state index contributed by atoms with van der Waals surface area (Å²) in [7, 11) is 0. The van der Waals surface area contributed by atoms with E-state index in [4.69, 9.17) is 4.74 Å². The molecule has 2 rings (SSSR count). The molecular weight excluding hydrogens is 306 g/mol. The number of rotatable bonds is 6. The minimum Gasteiger partial charge on any atom is -0.378 e. The number of carbonyl (C=O) groups is 1. The number of hydrogen-bond donors (Lipinski definition) is 1. The van der Waals surface area contributed by atoms with Crippen molar-refractivity contribution in [2.45, 2.75) is 64.0 Å². The maximum Gasteiger partial charge on any atom is 0.220 e. The molecule has 0 bridgehead atoms. The Morgan fingerprint density at radius 1 is 1.32 bits per heavy atom. The third-order valence-corrected chi connectivity index (χ3v) is 5.35. The Bertz CT molecular complexity index is 292. The number of ether oxygens (including phenoxy) is 1. The molecule has 1 amide bonds. The Morgan fingerprint density at radius 3 is 2.74 bits per heavy atom. The summed E-state index contributed by atoms with van der Waals surface area (Å²) in [6.45, 7) is 2.82. The van der Waals surface area contributed by atoms with Crippen LogP contribution >= 0.6 is 15.9 Å². The monoisotopic (exact) mass is 331 g/mol. The van der Waals surface area contributed by atoms with Crippen LogP contribution in [0.15, 0.2) is 0 Å². The van der Waals surface area contributed by atoms with Crippen molar-refractivity contribution in [3.63, 3.8) is 0 Å². The smallest absolute Gasteiger partial charge is 0.220 e. The molecule has 2 saturated carbocycles. The third kappa shape index (κ3) is 4.45. The molecule has 2 fully saturated rings. The van der Waals surface area contributed by atoms with Gasteiger partial charge >= 0.3 is 0 Å². The molecule has 2 unspecified atom stereocenters. The van der Waals surface area contributed by atoms with Crippen LogP contribution < -0.4 is 5.32 Å². The normalized spacial score (nSPS) is 34.6. The highest BCUT2D eigenvalue weighted by Crippen LogP contribution is 2.33. The summed E-state index contributed by atoms with van der Waals surface area (Å²) in [5.41, 5.74) is 0. The van der Waals surface area contributed by atoms with Crippen molar-refractivity contribution in [1.29, 1.82) is 0 Å². The number of amides is 1. The molecule has 0 spiro atoms. The highest BCUT2D eigenvalue weighted by atomic mass is 79.9. The van der Waals surface area contributed by atoms with E-state index in [0.29, 0.717) is 30.4 Å². The first-order valence-electron chi connectivity index (χ1n) is 7.69. The average Bonchev–Trinajstić information content (AvgIpc) is 2.37. The molecule has 2 atom stereocenters. The molecule has 4 heteroatoms. The van der Waals surface area contributed by atoms with E-state index in [9.17, 15) is 4.79 Å². The van der Waals surface area contributed by atoms with Gasteiger partial charge in [0.25, 0.3) is 0 Å². The SMILES string of the molecule is CCOC1CC(CC(=O)NC2CCCCC2CBr)C1. The standard InChI is InChI=1S/C15H26BrNO2/c1-2-19-13-7-11(8-13)9-15(18)17-14-6-4-3-5-12(14)10-16/h11-14H,2-10H2,1H3,(H,17,18). The lowest BCUT2D eigenvalue weighted by Crippen LogP contribution is -2.44. The zero-order valence-corrected chi connectivity index (χ0v) is 13.5. The number of hydrogen-bond acceptors (Lipinski definition) is 2. The maximum absolute atomic E-state index is 12.1. The molecule has 0 heterocycles. The zero-order valence-electron chi connectivity index (χ0n) is 11.9. The highest BCUT2D eigenvalue weighted by molar-refractivity contribution is 9.09. The molecular formula is C15H26BrNO2. The lowest BCUT2D eigenvalue weighted by atomic mass is 9.79. The van der Waals surface area contributed by atoms with Gasteiger partial charge < -0.3 is 10.1 Å². The molecule has 0 aromatic carbocycles. The largest absolute Gasteiger partial charge is 0.378 e. The van der Waals surface area contributed by atoms with Crippen LogP contribution in [0.4, 0.5) is 0 Å². The van der Waals surface area contributed by atoms with Crippen LogP contribution in [0.3, 0.4) is 0 Å². The van der Waals surface area contributed by atoms with E-state index < -0.39 is 0 Å². The molecule has 0 aliphatic heterocycles. The van der Waals surface area contributed by atoms with E-state index in [1.54, 1.807) is 0 Å². The molecule has 3 nitrogen and oxygen atoms in total. The van der Waals surface area contributed by atoms with Gasteiger partial charge in [-0.05, 0) is 44.4 Å². The Hall–Kier alpha value is -0.0900. The second kappa shape index (κ2) is 7.63. The fourth-order valence-electron chi connectivity index (χ4n) is 3.32. The zero-order chi connectivity index (χ0) is 13.7. The van der Waals surface area contributed by atoms with Gasteiger partial charge in [-0.15, -0.1) is 0 Å². The third-order valence-electron chi connectivity index (χ3n) is 4.52. The Morgan fingerprint density at radius 2 is 2.05 bits per heavy atom. The van der Waals surface area contributed by atoms with Crippen LogP contribution in [-0.2, 0) is 9.53 Å². The van der Waals surface area contributed by atoms with E-state index in [1.807, 2.05) is 6.92 Å². The molecule has 0 radical (unpaired) electrons. The molecule has 0 saturated heterocycles. The molecule has 1 N–H and O–H groups in total. The van der Waals surface area contributed by atoms with Crippen LogP contribution in [0.5, 0.6) is 0 Å². The van der Waals surface area contributed by atoms with E-state index in [-0.39, 0.29) is 5.91 Å². The van der Waals surface area contributed by atoms with Crippen molar-refractivity contribution < 1.29 is 9.53 Å². The van der Waals surface area contributed by atoms with Crippen molar-refractivity contribution >= 4 is 21.8 Å². The fraction of sp³-hybridized carbons (Fsp3) is 0.933. The Balaban J connectivity index is 1.67. The van der Waals surface area contributed by atoms with E-state index in [0.717, 1.165) is 31.2 Å². The van der Waals surface area contributed by atoms with Crippen molar-refractivity contribution in [1.82, 2.24) is 5.32 Å². The van der Waals surface area contributed by atoms with Crippen LogP contribution in [0.1, 0.15) is 51.9 Å². The molecule has 2 aliphatic carbocycles. The fourth-order valence-corrected chi connectivity index (χ4v) is 4.10. The second-order valence-corrected chi connectivity index (χ2v) is 6.64. The van der Waals surface area contributed by atoms with Crippen LogP contribution in [0.2, 0.25) is 0 Å². The van der Waals surface area contributed by atoms with Gasteiger partial charge in [0, 0.05) is 24.4 Å². The summed E-state index contributed by atoms with van der Waals surface area (Å²) in [6, 6.07) is 0.392. The van der Waals surface area contributed by atoms with Crippen LogP contribution in [0, 0.1) is 11.8 Å². The van der Waals surface area contributed by atoms with E-state index in [2.05, 4.69) is 21.2 Å². The van der Waals surface area contributed by atoms with Gasteiger partial charge in [-0.3, -0.25) is 4.79 Å². The molecule has 0 aromatic heterocycles. The molecule has 2 aliphatic rings. The number of carbonyl (C=O) groups excluding carboxylic acids is 1. The van der Waals surface area contributed by atoms with Gasteiger partial charge in [0.2, 0.25) is 5.91 Å². The van der Waals surface area contributed by atoms with Crippen molar-refractivity contribution in [3.05, 3.63) is 0 Å². The summed E-state index contributed by atoms with van der Waals surface area (Å²) in [4.78, 5) is 12.1. The first-order chi connectivity index (χ1) is 9.22. The highest BCUT2D eigenvalue weighted by Gasteiger charge is 2.32. The van der Waals surface area contributed by atoms with Crippen LogP contribution in [-0.4, -0.2) is 30.0 Å². The number of halogens is 1. The first-order valence-corrected chi connectivity index (χ1v) is 8.82. The van der Waals surface area contributed by atoms with Gasteiger partial charge in [-0.25, -0.2) is 0 Å². The van der Waals surface area contributed by atoms with Gasteiger partial charge in [0.15, 0.2) is 0 Å². The van der Waals surface area contributed by atoms with E-state index in [1.165, 1.54) is 19.3 Å². The van der Waals surface area contributed by atoms with E-state index >= 15 is 0 Å². The summed E-state index contributed by atoms with van der Waals surface area (Å²) in [5.74, 6) is 1.41. The molecule has 19 heavy (non-hydrogen) atoms. The Kier molecular flexibility index (Phi) is 6.14. The molecule has 0 aromatic rings. The predicted molar refractivity (Wildman–Crippen MR) is 80.4 cm³/mol. The topological polar surface area (TPSA) is 38.3 Å². The lowest BCUT2D eigenvalue weighted by Gasteiger charge is -2.36. The van der Waals surface area contributed by atoms with Crippen molar-refractivity contribution in [2.24, 2.45) is 11.8 Å². The summed E-state index contributed by atoms with van der Waals surface area (Å²) < 4.78 is 5.54.